The summed E-state index contributed by atoms with van der Waals surface area (Å²) in [6.07, 6.45) is 11.1. The van der Waals surface area contributed by atoms with Crippen LogP contribution in [-0.4, -0.2) is 5.48 Å². The van der Waals surface area contributed by atoms with Crippen LogP contribution in [-0.2, 0) is 6.42 Å². The zero-order chi connectivity index (χ0) is 19.2. The third kappa shape index (κ3) is 5.20. The van der Waals surface area contributed by atoms with E-state index < -0.39 is 11.6 Å². The van der Waals surface area contributed by atoms with Crippen molar-refractivity contribution in [2.24, 2.45) is 5.92 Å². The summed E-state index contributed by atoms with van der Waals surface area (Å²) in [4.78, 5) is 0. The van der Waals surface area contributed by atoms with Crippen LogP contribution >= 0.6 is 0 Å². The van der Waals surface area contributed by atoms with E-state index >= 15 is 0 Å². The summed E-state index contributed by atoms with van der Waals surface area (Å²) in [6.45, 7) is 4.10. The molecular weight excluding hydrogens is 354 g/mol. The average molecular weight is 389 g/mol. The lowest BCUT2D eigenvalue weighted by Crippen LogP contribution is -2.13. The van der Waals surface area contributed by atoms with Crippen molar-refractivity contribution in [3.63, 3.8) is 0 Å². The number of benzene rings is 2. The Kier molecular flexibility index (Phi) is 8.62. The van der Waals surface area contributed by atoms with Crippen LogP contribution in [0.25, 0.3) is 11.1 Å². The van der Waals surface area contributed by atoms with E-state index in [-0.39, 0.29) is 5.48 Å². The summed E-state index contributed by atoms with van der Waals surface area (Å²) in [5.74, 6) is 0.0851. The van der Waals surface area contributed by atoms with Gasteiger partial charge in [0.2, 0.25) is 0 Å². The molecular formula is C25H34F2O. The highest BCUT2D eigenvalue weighted by molar-refractivity contribution is 5.65. The lowest BCUT2D eigenvalue weighted by atomic mass is 9.77. The fraction of sp³-hybridized carbons (Fsp3) is 0.520. The highest BCUT2D eigenvalue weighted by atomic mass is 19.2. The van der Waals surface area contributed by atoms with Crippen LogP contribution in [0.5, 0.6) is 0 Å². The molecule has 0 saturated heterocycles. The Morgan fingerprint density at radius 3 is 2.11 bits per heavy atom. The number of hydrogen-bond acceptors (Lipinski definition) is 0. The number of rotatable bonds is 7. The van der Waals surface area contributed by atoms with Gasteiger partial charge in [0.25, 0.3) is 0 Å². The van der Waals surface area contributed by atoms with Crippen LogP contribution in [0.1, 0.15) is 82.3 Å². The van der Waals surface area contributed by atoms with Gasteiger partial charge in [0.15, 0.2) is 11.6 Å². The summed E-state index contributed by atoms with van der Waals surface area (Å²) in [7, 11) is 0. The number of halogens is 2. The summed E-state index contributed by atoms with van der Waals surface area (Å²) >= 11 is 0. The SMILES string of the molecule is CCCCCC1CCC(c2ccc(-c3ccc(CC)c(F)c3F)cc2)CC1.O. The van der Waals surface area contributed by atoms with Gasteiger partial charge in [-0.05, 0) is 60.6 Å². The molecule has 1 nitrogen and oxygen atoms in total. The topological polar surface area (TPSA) is 31.5 Å². The van der Waals surface area contributed by atoms with Crippen molar-refractivity contribution in [1.29, 1.82) is 0 Å². The molecule has 3 rings (SSSR count). The predicted molar refractivity (Wildman–Crippen MR) is 114 cm³/mol. The van der Waals surface area contributed by atoms with Crippen LogP contribution in [0, 0.1) is 17.6 Å². The first kappa shape index (κ1) is 22.5. The highest BCUT2D eigenvalue weighted by Gasteiger charge is 2.22. The highest BCUT2D eigenvalue weighted by Crippen LogP contribution is 2.38. The molecule has 28 heavy (non-hydrogen) atoms. The zero-order valence-electron chi connectivity index (χ0n) is 17.2. The maximum absolute atomic E-state index is 14.4. The van der Waals surface area contributed by atoms with Gasteiger partial charge in [-0.15, -0.1) is 0 Å². The summed E-state index contributed by atoms with van der Waals surface area (Å²) < 4.78 is 28.5. The van der Waals surface area contributed by atoms with Crippen molar-refractivity contribution in [1.82, 2.24) is 0 Å². The van der Waals surface area contributed by atoms with Gasteiger partial charge in [0, 0.05) is 5.56 Å². The van der Waals surface area contributed by atoms with Crippen LogP contribution in [0.15, 0.2) is 36.4 Å². The van der Waals surface area contributed by atoms with E-state index in [9.17, 15) is 8.78 Å². The molecule has 2 aromatic rings. The van der Waals surface area contributed by atoms with Crippen LogP contribution in [0.2, 0.25) is 0 Å². The Morgan fingerprint density at radius 1 is 0.821 bits per heavy atom. The van der Waals surface area contributed by atoms with Gasteiger partial charge in [0.05, 0.1) is 0 Å². The normalized spacial score (nSPS) is 19.3. The average Bonchev–Trinajstić information content (AvgIpc) is 2.71. The molecule has 0 heterocycles. The molecule has 2 N–H and O–H groups in total. The number of hydrogen-bond donors (Lipinski definition) is 0. The first-order chi connectivity index (χ1) is 13.1. The molecule has 0 radical (unpaired) electrons. The molecule has 3 heteroatoms. The fourth-order valence-electron chi connectivity index (χ4n) is 4.49. The molecule has 1 aliphatic rings. The Bertz CT molecular complexity index is 731. The molecule has 0 aliphatic heterocycles. The minimum atomic E-state index is -0.727. The second kappa shape index (κ2) is 10.7. The Balaban J connectivity index is 0.00000280. The Morgan fingerprint density at radius 2 is 1.50 bits per heavy atom. The minimum Gasteiger partial charge on any atom is -0.412 e. The predicted octanol–water partition coefficient (Wildman–Crippen LogP) is 7.22. The van der Waals surface area contributed by atoms with E-state index in [2.05, 4.69) is 19.1 Å². The zero-order valence-corrected chi connectivity index (χ0v) is 17.2. The molecule has 1 saturated carbocycles. The van der Waals surface area contributed by atoms with E-state index in [1.54, 1.807) is 12.1 Å². The van der Waals surface area contributed by atoms with Gasteiger partial charge in [-0.25, -0.2) is 8.78 Å². The Labute approximate surface area is 168 Å². The first-order valence-corrected chi connectivity index (χ1v) is 10.7. The molecule has 0 bridgehead atoms. The van der Waals surface area contributed by atoms with Gasteiger partial charge in [0.1, 0.15) is 0 Å². The summed E-state index contributed by atoms with van der Waals surface area (Å²) in [5, 5.41) is 0. The van der Waals surface area contributed by atoms with Gasteiger partial charge < -0.3 is 5.48 Å². The van der Waals surface area contributed by atoms with E-state index in [4.69, 9.17) is 0 Å². The largest absolute Gasteiger partial charge is 0.412 e. The first-order valence-electron chi connectivity index (χ1n) is 10.7. The van der Waals surface area contributed by atoms with Gasteiger partial charge in [-0.1, -0.05) is 75.9 Å². The monoisotopic (exact) mass is 388 g/mol. The van der Waals surface area contributed by atoms with Gasteiger partial charge in [-0.3, -0.25) is 0 Å². The van der Waals surface area contributed by atoms with Crippen molar-refractivity contribution in [3.05, 3.63) is 59.2 Å². The smallest absolute Gasteiger partial charge is 0.166 e. The van der Waals surface area contributed by atoms with Crippen LogP contribution < -0.4 is 0 Å². The van der Waals surface area contributed by atoms with E-state index in [0.29, 0.717) is 23.5 Å². The molecule has 0 amide bonds. The molecule has 1 fully saturated rings. The Hall–Kier alpha value is -1.74. The number of unbranched alkanes of at least 4 members (excludes halogenated alkanes) is 2. The van der Waals surface area contributed by atoms with Crippen molar-refractivity contribution >= 4 is 0 Å². The van der Waals surface area contributed by atoms with Crippen molar-refractivity contribution in [2.45, 2.75) is 77.6 Å². The molecule has 0 unspecified atom stereocenters. The van der Waals surface area contributed by atoms with Crippen molar-refractivity contribution in [3.8, 4) is 11.1 Å². The standard InChI is InChI=1S/C25H32F2.H2O/c1-3-5-6-7-18-8-10-20(11-9-18)21-12-14-22(15-13-21)23-17-16-19(4-2)24(26)25(23)27;/h12-18,20H,3-11H2,1-2H3;1H2. The quantitative estimate of drug-likeness (QED) is 0.448. The third-order valence-electron chi connectivity index (χ3n) is 6.30. The molecule has 0 aromatic heterocycles. The molecule has 0 spiro atoms. The maximum Gasteiger partial charge on any atom is 0.166 e. The van der Waals surface area contributed by atoms with E-state index in [0.717, 1.165) is 11.5 Å². The molecule has 154 valence electrons. The van der Waals surface area contributed by atoms with Crippen molar-refractivity contribution in [2.75, 3.05) is 0 Å². The fourth-order valence-corrected chi connectivity index (χ4v) is 4.49. The lowest BCUT2D eigenvalue weighted by molar-refractivity contribution is 0.303. The van der Waals surface area contributed by atoms with Gasteiger partial charge in [-0.2, -0.15) is 0 Å². The van der Waals surface area contributed by atoms with Crippen LogP contribution in [0.3, 0.4) is 0 Å². The third-order valence-corrected chi connectivity index (χ3v) is 6.30. The van der Waals surface area contributed by atoms with Gasteiger partial charge >= 0.3 is 0 Å². The molecule has 1 aliphatic carbocycles. The number of aryl methyl sites for hydroxylation is 1. The lowest BCUT2D eigenvalue weighted by Gasteiger charge is -2.29. The maximum atomic E-state index is 14.4. The second-order valence-corrected chi connectivity index (χ2v) is 8.09. The summed E-state index contributed by atoms with van der Waals surface area (Å²) in [5.41, 5.74) is 2.89. The minimum absolute atomic E-state index is 0. The van der Waals surface area contributed by atoms with Crippen molar-refractivity contribution < 1.29 is 14.3 Å². The van der Waals surface area contributed by atoms with E-state index in [1.165, 1.54) is 56.9 Å². The summed E-state index contributed by atoms with van der Waals surface area (Å²) in [6, 6.07) is 11.5. The molecule has 0 atom stereocenters. The van der Waals surface area contributed by atoms with Crippen LogP contribution in [0.4, 0.5) is 8.78 Å². The van der Waals surface area contributed by atoms with E-state index in [1.807, 2.05) is 19.1 Å². The molecule has 2 aromatic carbocycles. The second-order valence-electron chi connectivity index (χ2n) is 8.09.